The SMILES string of the molecule is N=C(N)c1cc(F)c(N2CC3CCC2C3)c(F)c1. The van der Waals surface area contributed by atoms with Crippen LogP contribution in [0.15, 0.2) is 12.1 Å². The molecule has 0 radical (unpaired) electrons. The molecule has 3 rings (SSSR count). The molecule has 0 aromatic heterocycles. The topological polar surface area (TPSA) is 53.1 Å². The molecule has 18 heavy (non-hydrogen) atoms. The van der Waals surface area contributed by atoms with Crippen molar-refractivity contribution in [2.75, 3.05) is 11.4 Å². The standard InChI is InChI=1S/C13H15F2N3/c14-10-4-8(13(16)17)5-11(15)12(10)18-6-7-1-2-9(18)3-7/h4-5,7,9H,1-3,6H2,(H3,16,17). The molecule has 3 nitrogen and oxygen atoms in total. The Balaban J connectivity index is 2.00. The van der Waals surface area contributed by atoms with Gasteiger partial charge in [-0.2, -0.15) is 0 Å². The van der Waals surface area contributed by atoms with Crippen molar-refractivity contribution < 1.29 is 8.78 Å². The van der Waals surface area contributed by atoms with E-state index in [2.05, 4.69) is 0 Å². The van der Waals surface area contributed by atoms with Crippen molar-refractivity contribution in [3.8, 4) is 0 Å². The van der Waals surface area contributed by atoms with Crippen LogP contribution in [-0.4, -0.2) is 18.4 Å². The number of hydrogen-bond donors (Lipinski definition) is 2. The lowest BCUT2D eigenvalue weighted by molar-refractivity contribution is 0.520. The highest BCUT2D eigenvalue weighted by Crippen LogP contribution is 2.41. The molecule has 1 aliphatic heterocycles. The van der Waals surface area contributed by atoms with Gasteiger partial charge in [0.15, 0.2) is 0 Å². The van der Waals surface area contributed by atoms with Crippen molar-refractivity contribution in [2.45, 2.75) is 25.3 Å². The van der Waals surface area contributed by atoms with Crippen molar-refractivity contribution in [1.82, 2.24) is 0 Å². The van der Waals surface area contributed by atoms with Crippen LogP contribution in [0.5, 0.6) is 0 Å². The Hall–Kier alpha value is -1.65. The van der Waals surface area contributed by atoms with Crippen LogP contribution in [0.2, 0.25) is 0 Å². The minimum atomic E-state index is -0.618. The number of halogens is 2. The minimum Gasteiger partial charge on any atom is -0.384 e. The summed E-state index contributed by atoms with van der Waals surface area (Å²) >= 11 is 0. The maximum Gasteiger partial charge on any atom is 0.150 e. The third-order valence-electron chi connectivity index (χ3n) is 4.02. The second kappa shape index (κ2) is 3.93. The molecular weight excluding hydrogens is 236 g/mol. The fourth-order valence-electron chi connectivity index (χ4n) is 3.19. The van der Waals surface area contributed by atoms with Gasteiger partial charge in [-0.3, -0.25) is 5.41 Å². The summed E-state index contributed by atoms with van der Waals surface area (Å²) in [5.74, 6) is -0.982. The third kappa shape index (κ3) is 1.65. The highest BCUT2D eigenvalue weighted by molar-refractivity contribution is 5.95. The van der Waals surface area contributed by atoms with E-state index in [0.29, 0.717) is 5.92 Å². The quantitative estimate of drug-likeness (QED) is 0.625. The first-order chi connectivity index (χ1) is 8.56. The van der Waals surface area contributed by atoms with Crippen LogP contribution in [-0.2, 0) is 0 Å². The molecule has 5 heteroatoms. The fourth-order valence-corrected chi connectivity index (χ4v) is 3.19. The summed E-state index contributed by atoms with van der Waals surface area (Å²) in [6, 6.07) is 2.56. The molecule has 1 aromatic carbocycles. The van der Waals surface area contributed by atoms with Gasteiger partial charge in [0.1, 0.15) is 23.2 Å². The Morgan fingerprint density at radius 2 is 1.94 bits per heavy atom. The lowest BCUT2D eigenvalue weighted by Crippen LogP contribution is -2.33. The van der Waals surface area contributed by atoms with Crippen molar-refractivity contribution in [3.05, 3.63) is 29.3 Å². The number of nitrogens with zero attached hydrogens (tertiary/aromatic N) is 1. The van der Waals surface area contributed by atoms with Crippen LogP contribution in [0.25, 0.3) is 0 Å². The second-order valence-electron chi connectivity index (χ2n) is 5.19. The summed E-state index contributed by atoms with van der Waals surface area (Å²) in [6.45, 7) is 0.734. The molecule has 1 saturated heterocycles. The van der Waals surface area contributed by atoms with E-state index in [0.717, 1.165) is 37.9 Å². The molecule has 1 heterocycles. The molecule has 2 fully saturated rings. The molecule has 1 aromatic rings. The van der Waals surface area contributed by atoms with Crippen LogP contribution in [0.3, 0.4) is 0 Å². The number of hydrogen-bond acceptors (Lipinski definition) is 2. The van der Waals surface area contributed by atoms with Crippen LogP contribution in [0.1, 0.15) is 24.8 Å². The number of amidine groups is 1. The Labute approximate surface area is 104 Å². The zero-order valence-corrected chi connectivity index (χ0v) is 9.92. The van der Waals surface area contributed by atoms with Gasteiger partial charge in [0.2, 0.25) is 0 Å². The first kappa shape index (κ1) is 11.4. The van der Waals surface area contributed by atoms with E-state index in [9.17, 15) is 8.78 Å². The molecule has 1 aliphatic carbocycles. The van der Waals surface area contributed by atoms with Crippen LogP contribution < -0.4 is 10.6 Å². The van der Waals surface area contributed by atoms with Gasteiger partial charge in [-0.15, -0.1) is 0 Å². The predicted octanol–water partition coefficient (Wildman–Crippen LogP) is 2.24. The summed E-state index contributed by atoms with van der Waals surface area (Å²) in [6.07, 6.45) is 3.21. The number of fused-ring (bicyclic) bond motifs is 2. The summed E-state index contributed by atoms with van der Waals surface area (Å²) in [5.41, 5.74) is 5.40. The van der Waals surface area contributed by atoms with Gasteiger partial charge in [0, 0.05) is 18.2 Å². The van der Waals surface area contributed by atoms with Crippen molar-refractivity contribution in [1.29, 1.82) is 5.41 Å². The number of rotatable bonds is 2. The van der Waals surface area contributed by atoms with E-state index in [-0.39, 0.29) is 23.1 Å². The lowest BCUT2D eigenvalue weighted by atomic mass is 10.1. The number of anilines is 1. The number of nitrogens with two attached hydrogens (primary N) is 1. The van der Waals surface area contributed by atoms with Crippen molar-refractivity contribution >= 4 is 11.5 Å². The normalized spacial score (nSPS) is 25.8. The van der Waals surface area contributed by atoms with Gasteiger partial charge in [0.25, 0.3) is 0 Å². The van der Waals surface area contributed by atoms with Gasteiger partial charge < -0.3 is 10.6 Å². The number of nitrogens with one attached hydrogen (secondary N) is 1. The van der Waals surface area contributed by atoms with Crippen LogP contribution in [0.4, 0.5) is 14.5 Å². The first-order valence-corrected chi connectivity index (χ1v) is 6.16. The average molecular weight is 251 g/mol. The summed E-state index contributed by atoms with van der Waals surface area (Å²) in [5, 5.41) is 7.22. The largest absolute Gasteiger partial charge is 0.384 e. The number of nitrogen functional groups attached to an aromatic ring is 1. The van der Waals surface area contributed by atoms with E-state index in [4.69, 9.17) is 11.1 Å². The first-order valence-electron chi connectivity index (χ1n) is 6.16. The third-order valence-corrected chi connectivity index (χ3v) is 4.02. The highest BCUT2D eigenvalue weighted by Gasteiger charge is 2.39. The summed E-state index contributed by atoms with van der Waals surface area (Å²) in [4.78, 5) is 1.84. The molecule has 2 bridgehead atoms. The summed E-state index contributed by atoms with van der Waals surface area (Å²) in [7, 11) is 0. The van der Waals surface area contributed by atoms with Crippen LogP contribution in [0, 0.1) is 23.0 Å². The zero-order chi connectivity index (χ0) is 12.9. The van der Waals surface area contributed by atoms with Crippen molar-refractivity contribution in [2.24, 2.45) is 11.7 Å². The zero-order valence-electron chi connectivity index (χ0n) is 9.92. The van der Waals surface area contributed by atoms with Crippen molar-refractivity contribution in [3.63, 3.8) is 0 Å². The molecule has 0 spiro atoms. The Morgan fingerprint density at radius 3 is 2.39 bits per heavy atom. The molecule has 2 unspecified atom stereocenters. The van der Waals surface area contributed by atoms with Gasteiger partial charge in [-0.25, -0.2) is 8.78 Å². The monoisotopic (exact) mass is 251 g/mol. The predicted molar refractivity (Wildman–Crippen MR) is 65.8 cm³/mol. The maximum absolute atomic E-state index is 14.0. The fraction of sp³-hybridized carbons (Fsp3) is 0.462. The van der Waals surface area contributed by atoms with Gasteiger partial charge in [-0.05, 0) is 37.3 Å². The van der Waals surface area contributed by atoms with Gasteiger partial charge >= 0.3 is 0 Å². The molecule has 96 valence electrons. The Morgan fingerprint density at radius 1 is 1.28 bits per heavy atom. The average Bonchev–Trinajstić information content (AvgIpc) is 2.89. The highest BCUT2D eigenvalue weighted by atomic mass is 19.1. The second-order valence-corrected chi connectivity index (χ2v) is 5.19. The molecule has 2 aliphatic rings. The smallest absolute Gasteiger partial charge is 0.150 e. The molecule has 2 atom stereocenters. The van der Waals surface area contributed by atoms with E-state index >= 15 is 0 Å². The lowest BCUT2D eigenvalue weighted by Gasteiger charge is -2.29. The summed E-state index contributed by atoms with van der Waals surface area (Å²) < 4.78 is 28.0. The Kier molecular flexibility index (Phi) is 2.50. The molecule has 1 saturated carbocycles. The van der Waals surface area contributed by atoms with Crippen LogP contribution >= 0.6 is 0 Å². The molecular formula is C13H15F2N3. The number of piperidine rings is 1. The van der Waals surface area contributed by atoms with E-state index in [1.807, 2.05) is 4.90 Å². The minimum absolute atomic E-state index is 0.0483. The van der Waals surface area contributed by atoms with E-state index < -0.39 is 11.6 Å². The number of benzene rings is 1. The molecule has 3 N–H and O–H groups in total. The van der Waals surface area contributed by atoms with Gasteiger partial charge in [0.05, 0.1) is 0 Å². The maximum atomic E-state index is 14.0. The van der Waals surface area contributed by atoms with E-state index in [1.54, 1.807) is 0 Å². The van der Waals surface area contributed by atoms with Gasteiger partial charge in [-0.1, -0.05) is 0 Å². The Bertz CT molecular complexity index is 492. The molecule has 0 amide bonds. The van der Waals surface area contributed by atoms with E-state index in [1.165, 1.54) is 0 Å².